The van der Waals surface area contributed by atoms with Crippen molar-refractivity contribution in [2.45, 2.75) is 18.6 Å². The molecule has 0 aliphatic rings. The smallest absolute Gasteiger partial charge is 0.325 e. The van der Waals surface area contributed by atoms with Crippen molar-refractivity contribution in [3.8, 4) is 0 Å². The summed E-state index contributed by atoms with van der Waals surface area (Å²) < 4.78 is 5.43. The van der Waals surface area contributed by atoms with E-state index in [1.54, 1.807) is 25.3 Å². The van der Waals surface area contributed by atoms with E-state index in [1.807, 2.05) is 0 Å². The highest BCUT2D eigenvalue weighted by Crippen LogP contribution is 2.18. The van der Waals surface area contributed by atoms with Crippen LogP contribution in [0.4, 0.5) is 5.69 Å². The number of nitrogens with zero attached hydrogens (tertiary/aromatic N) is 3. The van der Waals surface area contributed by atoms with E-state index < -0.39 is 11.2 Å². The number of hydrogen-bond donors (Lipinski definition) is 3. The molecule has 0 spiro atoms. The summed E-state index contributed by atoms with van der Waals surface area (Å²) in [6.45, 7) is 1.61. The van der Waals surface area contributed by atoms with Crippen molar-refractivity contribution in [3.63, 3.8) is 0 Å². The van der Waals surface area contributed by atoms with Gasteiger partial charge in [-0.2, -0.15) is 0 Å². The fourth-order valence-electron chi connectivity index (χ4n) is 2.12. The average Bonchev–Trinajstić information content (AvgIpc) is 3.05. The summed E-state index contributed by atoms with van der Waals surface area (Å²) in [6.07, 6.45) is 3.23. The number of thioether (sulfide) groups is 1. The largest absolute Gasteiger partial charge is 0.416 e. The van der Waals surface area contributed by atoms with E-state index in [0.29, 0.717) is 16.9 Å². The van der Waals surface area contributed by atoms with Crippen LogP contribution in [-0.4, -0.2) is 36.8 Å². The van der Waals surface area contributed by atoms with Crippen LogP contribution in [0.2, 0.25) is 0 Å². The lowest BCUT2D eigenvalue weighted by Gasteiger charge is -2.02. The van der Waals surface area contributed by atoms with Gasteiger partial charge >= 0.3 is 5.69 Å². The fourth-order valence-corrected chi connectivity index (χ4v) is 2.70. The molecule has 26 heavy (non-hydrogen) atoms. The van der Waals surface area contributed by atoms with Crippen molar-refractivity contribution < 1.29 is 9.21 Å². The Hall–Kier alpha value is -3.21. The van der Waals surface area contributed by atoms with Crippen molar-refractivity contribution in [2.24, 2.45) is 0 Å². The Morgan fingerprint density at radius 3 is 2.88 bits per heavy atom. The third kappa shape index (κ3) is 4.45. The quantitative estimate of drug-likeness (QED) is 0.528. The molecule has 0 unspecified atom stereocenters. The van der Waals surface area contributed by atoms with Crippen molar-refractivity contribution in [2.75, 3.05) is 11.1 Å². The molecular weight excluding hydrogens is 360 g/mol. The topological polar surface area (TPSA) is 147 Å². The summed E-state index contributed by atoms with van der Waals surface area (Å²) in [6, 6.07) is 3.44. The van der Waals surface area contributed by atoms with Crippen molar-refractivity contribution in [1.82, 2.24) is 25.1 Å². The van der Waals surface area contributed by atoms with Gasteiger partial charge in [0.2, 0.25) is 11.8 Å². The van der Waals surface area contributed by atoms with Crippen LogP contribution in [0.3, 0.4) is 0 Å². The average molecular weight is 374 g/mol. The van der Waals surface area contributed by atoms with Crippen LogP contribution in [0, 0.1) is 6.92 Å². The summed E-state index contributed by atoms with van der Waals surface area (Å²) in [5.74, 6) is 0.0471. The molecular formula is C15H14N6O4S. The van der Waals surface area contributed by atoms with Crippen LogP contribution in [0.25, 0.3) is 0 Å². The predicted molar refractivity (Wildman–Crippen MR) is 93.1 cm³/mol. The summed E-state index contributed by atoms with van der Waals surface area (Å²) in [7, 11) is 0. The van der Waals surface area contributed by atoms with Crippen LogP contribution < -0.4 is 16.6 Å². The number of carbonyl (C=O) groups is 1. The van der Waals surface area contributed by atoms with Crippen LogP contribution in [0.15, 0.2) is 43.8 Å². The summed E-state index contributed by atoms with van der Waals surface area (Å²) in [4.78, 5) is 43.5. The Labute approximate surface area is 150 Å². The second-order valence-corrected chi connectivity index (χ2v) is 6.16. The van der Waals surface area contributed by atoms with Gasteiger partial charge in [-0.15, -0.1) is 10.2 Å². The number of H-pyrrole nitrogens is 2. The molecule has 0 aliphatic heterocycles. The number of amides is 1. The Morgan fingerprint density at radius 1 is 1.31 bits per heavy atom. The normalized spacial score (nSPS) is 10.7. The first-order chi connectivity index (χ1) is 12.5. The van der Waals surface area contributed by atoms with E-state index in [1.165, 1.54) is 6.20 Å². The van der Waals surface area contributed by atoms with Gasteiger partial charge in [-0.05, 0) is 19.1 Å². The van der Waals surface area contributed by atoms with E-state index in [9.17, 15) is 14.4 Å². The molecule has 0 atom stereocenters. The zero-order chi connectivity index (χ0) is 18.5. The van der Waals surface area contributed by atoms with E-state index >= 15 is 0 Å². The summed E-state index contributed by atoms with van der Waals surface area (Å²) in [5.41, 5.74) is 0.283. The number of aryl methyl sites for hydroxylation is 1. The highest BCUT2D eigenvalue weighted by molar-refractivity contribution is 7.99. The second-order valence-electron chi connectivity index (χ2n) is 5.23. The molecule has 0 saturated carbocycles. The maximum atomic E-state index is 11.9. The highest BCUT2D eigenvalue weighted by Gasteiger charge is 2.14. The lowest BCUT2D eigenvalue weighted by molar-refractivity contribution is -0.113. The number of hydrogen-bond acceptors (Lipinski definition) is 8. The van der Waals surface area contributed by atoms with E-state index in [4.69, 9.17) is 4.42 Å². The van der Waals surface area contributed by atoms with Gasteiger partial charge in [0.15, 0.2) is 0 Å². The standard InChI is InChI=1S/C15H14N6O4S/c1-8-10(13(23)19-14(24)17-8)5-12-20-21-15(25-12)26-7-11(22)18-9-3-2-4-16-6-9/h2-4,6H,5,7H2,1H3,(H,18,22)(H2,17,19,23,24). The van der Waals surface area contributed by atoms with Crippen molar-refractivity contribution >= 4 is 23.4 Å². The van der Waals surface area contributed by atoms with Gasteiger partial charge in [-0.1, -0.05) is 11.8 Å². The van der Waals surface area contributed by atoms with Gasteiger partial charge in [0, 0.05) is 17.5 Å². The third-order valence-corrected chi connectivity index (χ3v) is 4.12. The maximum Gasteiger partial charge on any atom is 0.325 e. The molecule has 0 saturated heterocycles. The molecule has 1 amide bonds. The molecule has 3 heterocycles. The molecule has 0 radical (unpaired) electrons. The second kappa shape index (κ2) is 7.78. The Morgan fingerprint density at radius 2 is 2.15 bits per heavy atom. The number of aromatic amines is 2. The lowest BCUT2D eigenvalue weighted by atomic mass is 10.2. The molecule has 11 heteroatoms. The number of rotatable bonds is 6. The molecule has 134 valence electrons. The van der Waals surface area contributed by atoms with Gasteiger partial charge in [0.1, 0.15) is 0 Å². The number of aromatic nitrogens is 5. The first-order valence-electron chi connectivity index (χ1n) is 7.48. The minimum Gasteiger partial charge on any atom is -0.416 e. The summed E-state index contributed by atoms with van der Waals surface area (Å²) in [5, 5.41) is 10.6. The summed E-state index contributed by atoms with van der Waals surface area (Å²) >= 11 is 1.07. The van der Waals surface area contributed by atoms with Crippen LogP contribution >= 0.6 is 11.8 Å². The van der Waals surface area contributed by atoms with E-state index in [2.05, 4.69) is 30.5 Å². The Kier molecular flexibility index (Phi) is 5.27. The minimum absolute atomic E-state index is 0.0768. The highest BCUT2D eigenvalue weighted by atomic mass is 32.2. The molecule has 3 N–H and O–H groups in total. The van der Waals surface area contributed by atoms with E-state index in [0.717, 1.165) is 11.8 Å². The van der Waals surface area contributed by atoms with Crippen LogP contribution in [0.5, 0.6) is 0 Å². The lowest BCUT2D eigenvalue weighted by Crippen LogP contribution is -2.27. The van der Waals surface area contributed by atoms with Gasteiger partial charge in [-0.25, -0.2) is 4.79 Å². The molecule has 10 nitrogen and oxygen atoms in total. The molecule has 0 aliphatic carbocycles. The van der Waals surface area contributed by atoms with Crippen LogP contribution in [0.1, 0.15) is 17.1 Å². The Bertz CT molecular complexity index is 1030. The third-order valence-electron chi connectivity index (χ3n) is 3.30. The maximum absolute atomic E-state index is 11.9. The fraction of sp³-hybridized carbons (Fsp3) is 0.200. The Balaban J connectivity index is 1.59. The first-order valence-corrected chi connectivity index (χ1v) is 8.47. The van der Waals surface area contributed by atoms with Crippen molar-refractivity contribution in [3.05, 3.63) is 62.5 Å². The van der Waals surface area contributed by atoms with Gasteiger partial charge < -0.3 is 14.7 Å². The monoisotopic (exact) mass is 374 g/mol. The number of nitrogens with one attached hydrogen (secondary N) is 3. The van der Waals surface area contributed by atoms with Crippen LogP contribution in [-0.2, 0) is 11.2 Å². The molecule has 3 aromatic rings. The molecule has 0 aromatic carbocycles. The van der Waals surface area contributed by atoms with E-state index in [-0.39, 0.29) is 29.2 Å². The zero-order valence-corrected chi connectivity index (χ0v) is 14.4. The SMILES string of the molecule is Cc1[nH]c(=O)[nH]c(=O)c1Cc1nnc(SCC(=O)Nc2cccnc2)o1. The zero-order valence-electron chi connectivity index (χ0n) is 13.6. The minimum atomic E-state index is -0.572. The van der Waals surface area contributed by atoms with Gasteiger partial charge in [-0.3, -0.25) is 19.6 Å². The van der Waals surface area contributed by atoms with Gasteiger partial charge in [0.05, 0.1) is 24.1 Å². The molecule has 0 fully saturated rings. The number of carbonyl (C=O) groups excluding carboxylic acids is 1. The molecule has 3 rings (SSSR count). The molecule has 0 bridgehead atoms. The van der Waals surface area contributed by atoms with Gasteiger partial charge in [0.25, 0.3) is 10.8 Å². The first kappa shape index (κ1) is 17.6. The number of pyridine rings is 1. The number of anilines is 1. The molecule has 3 aromatic heterocycles. The predicted octanol–water partition coefficient (Wildman–Crippen LogP) is 0.471. The van der Waals surface area contributed by atoms with Crippen molar-refractivity contribution in [1.29, 1.82) is 0 Å².